The van der Waals surface area contributed by atoms with Gasteiger partial charge in [-0.05, 0) is 12.1 Å². The summed E-state index contributed by atoms with van der Waals surface area (Å²) in [6, 6.07) is 7.37. The maximum atomic E-state index is 11.1. The SMILES string of the molecule is COc1ccccc1C=C1N=COC1=O. The Bertz CT molecular complexity index is 449. The smallest absolute Gasteiger partial charge is 0.363 e. The fourth-order valence-corrected chi connectivity index (χ4v) is 1.27. The van der Waals surface area contributed by atoms with E-state index >= 15 is 0 Å². The normalized spacial score (nSPS) is 16.9. The zero-order valence-electron chi connectivity index (χ0n) is 8.14. The molecule has 76 valence electrons. The molecule has 0 spiro atoms. The first-order valence-electron chi connectivity index (χ1n) is 4.39. The summed E-state index contributed by atoms with van der Waals surface area (Å²) in [5, 5.41) is 0. The second-order valence-electron chi connectivity index (χ2n) is 2.91. The first-order chi connectivity index (χ1) is 7.31. The minimum absolute atomic E-state index is 0.277. The molecule has 0 N–H and O–H groups in total. The lowest BCUT2D eigenvalue weighted by Gasteiger charge is -2.03. The van der Waals surface area contributed by atoms with Gasteiger partial charge in [0, 0.05) is 5.56 Å². The highest BCUT2D eigenvalue weighted by Crippen LogP contribution is 2.21. The Morgan fingerprint density at radius 1 is 1.40 bits per heavy atom. The highest BCUT2D eigenvalue weighted by molar-refractivity contribution is 6.01. The summed E-state index contributed by atoms with van der Waals surface area (Å²) in [5.74, 6) is 0.251. The fraction of sp³-hybridized carbons (Fsp3) is 0.0909. The number of methoxy groups -OCH3 is 1. The van der Waals surface area contributed by atoms with Gasteiger partial charge in [-0.25, -0.2) is 9.79 Å². The molecule has 0 radical (unpaired) electrons. The van der Waals surface area contributed by atoms with Gasteiger partial charge >= 0.3 is 5.97 Å². The monoisotopic (exact) mass is 203 g/mol. The average Bonchev–Trinajstić information content (AvgIpc) is 2.65. The van der Waals surface area contributed by atoms with Gasteiger partial charge in [0.2, 0.25) is 0 Å². The Kier molecular flexibility index (Phi) is 2.49. The zero-order valence-corrected chi connectivity index (χ0v) is 8.14. The van der Waals surface area contributed by atoms with E-state index in [2.05, 4.69) is 9.73 Å². The van der Waals surface area contributed by atoms with Crippen molar-refractivity contribution in [3.8, 4) is 5.75 Å². The molecule has 1 aliphatic heterocycles. The van der Waals surface area contributed by atoms with Crippen molar-refractivity contribution in [1.82, 2.24) is 0 Å². The number of hydrogen-bond donors (Lipinski definition) is 0. The molecule has 1 aromatic carbocycles. The van der Waals surface area contributed by atoms with Crippen LogP contribution in [-0.4, -0.2) is 19.5 Å². The highest BCUT2D eigenvalue weighted by Gasteiger charge is 2.15. The average molecular weight is 203 g/mol. The van der Waals surface area contributed by atoms with Crippen molar-refractivity contribution in [2.24, 2.45) is 4.99 Å². The number of esters is 1. The second-order valence-corrected chi connectivity index (χ2v) is 2.91. The maximum absolute atomic E-state index is 11.1. The predicted octanol–water partition coefficient (Wildman–Crippen LogP) is 1.62. The van der Waals surface area contributed by atoms with Crippen LogP contribution in [0, 0.1) is 0 Å². The summed E-state index contributed by atoms with van der Waals surface area (Å²) in [6.07, 6.45) is 2.76. The number of aliphatic imine (C=N–C) groups is 1. The summed E-state index contributed by atoms with van der Waals surface area (Å²) in [5.41, 5.74) is 1.07. The third kappa shape index (κ3) is 1.88. The van der Waals surface area contributed by atoms with E-state index in [0.717, 1.165) is 12.0 Å². The molecule has 0 fully saturated rings. The van der Waals surface area contributed by atoms with Crippen molar-refractivity contribution >= 4 is 18.4 Å². The van der Waals surface area contributed by atoms with Crippen molar-refractivity contribution in [1.29, 1.82) is 0 Å². The number of cyclic esters (lactones) is 1. The van der Waals surface area contributed by atoms with E-state index in [1.165, 1.54) is 0 Å². The van der Waals surface area contributed by atoms with Crippen molar-refractivity contribution in [2.45, 2.75) is 0 Å². The molecule has 0 saturated carbocycles. The van der Waals surface area contributed by atoms with Crippen molar-refractivity contribution in [2.75, 3.05) is 7.11 Å². The third-order valence-corrected chi connectivity index (χ3v) is 1.99. The minimum Gasteiger partial charge on any atom is -0.496 e. The standard InChI is InChI=1S/C11H9NO3/c1-14-10-5-3-2-4-8(10)6-9-11(13)15-7-12-9/h2-7H,1H3. The number of carbonyl (C=O) groups is 1. The molecule has 0 saturated heterocycles. The largest absolute Gasteiger partial charge is 0.496 e. The van der Waals surface area contributed by atoms with Crippen LogP contribution in [-0.2, 0) is 9.53 Å². The number of rotatable bonds is 2. The Morgan fingerprint density at radius 3 is 2.87 bits per heavy atom. The molecule has 0 atom stereocenters. The lowest BCUT2D eigenvalue weighted by Crippen LogP contribution is -1.96. The van der Waals surface area contributed by atoms with Crippen LogP contribution in [0.4, 0.5) is 0 Å². The van der Waals surface area contributed by atoms with Crippen molar-refractivity contribution in [3.05, 3.63) is 35.5 Å². The molecule has 0 aromatic heterocycles. The first-order valence-corrected chi connectivity index (χ1v) is 4.39. The first kappa shape index (κ1) is 9.45. The van der Waals surface area contributed by atoms with Crippen LogP contribution < -0.4 is 4.74 Å². The van der Waals surface area contributed by atoms with Crippen LogP contribution in [0.5, 0.6) is 5.75 Å². The van der Waals surface area contributed by atoms with Gasteiger partial charge in [-0.15, -0.1) is 0 Å². The zero-order chi connectivity index (χ0) is 10.7. The molecule has 0 bridgehead atoms. The van der Waals surface area contributed by atoms with Crippen LogP contribution in [0.3, 0.4) is 0 Å². The van der Waals surface area contributed by atoms with Crippen molar-refractivity contribution < 1.29 is 14.3 Å². The highest BCUT2D eigenvalue weighted by atomic mass is 16.5. The van der Waals surface area contributed by atoms with Gasteiger partial charge in [0.25, 0.3) is 0 Å². The van der Waals surface area contributed by atoms with E-state index in [4.69, 9.17) is 4.74 Å². The summed E-state index contributed by atoms with van der Waals surface area (Å²) >= 11 is 0. The molecule has 1 aliphatic rings. The van der Waals surface area contributed by atoms with Gasteiger partial charge < -0.3 is 9.47 Å². The van der Waals surface area contributed by atoms with Crippen LogP contribution >= 0.6 is 0 Å². The van der Waals surface area contributed by atoms with E-state index in [1.54, 1.807) is 13.2 Å². The van der Waals surface area contributed by atoms with Gasteiger partial charge in [0.15, 0.2) is 12.1 Å². The Hall–Kier alpha value is -2.10. The Morgan fingerprint density at radius 2 is 2.20 bits per heavy atom. The molecule has 0 aliphatic carbocycles. The summed E-state index contributed by atoms with van der Waals surface area (Å²) in [7, 11) is 1.58. The fourth-order valence-electron chi connectivity index (χ4n) is 1.27. The quantitative estimate of drug-likeness (QED) is 0.542. The maximum Gasteiger partial charge on any atom is 0.363 e. The topological polar surface area (TPSA) is 47.9 Å². The van der Waals surface area contributed by atoms with Gasteiger partial charge in [0.05, 0.1) is 7.11 Å². The minimum atomic E-state index is -0.444. The Labute approximate surface area is 86.8 Å². The van der Waals surface area contributed by atoms with Crippen LogP contribution in [0.2, 0.25) is 0 Å². The Balaban J connectivity index is 2.38. The summed E-state index contributed by atoms with van der Waals surface area (Å²) < 4.78 is 9.71. The predicted molar refractivity (Wildman–Crippen MR) is 55.6 cm³/mol. The van der Waals surface area contributed by atoms with Gasteiger partial charge in [-0.3, -0.25) is 0 Å². The number of para-hydroxylation sites is 1. The van der Waals surface area contributed by atoms with Gasteiger partial charge in [-0.2, -0.15) is 0 Å². The summed E-state index contributed by atoms with van der Waals surface area (Å²) in [4.78, 5) is 14.9. The number of ether oxygens (including phenoxy) is 2. The van der Waals surface area contributed by atoms with Crippen LogP contribution in [0.1, 0.15) is 5.56 Å². The van der Waals surface area contributed by atoms with E-state index in [9.17, 15) is 4.79 Å². The van der Waals surface area contributed by atoms with Crippen molar-refractivity contribution in [3.63, 3.8) is 0 Å². The molecule has 4 heteroatoms. The van der Waals surface area contributed by atoms with E-state index < -0.39 is 5.97 Å². The van der Waals surface area contributed by atoms with Crippen LogP contribution in [0.15, 0.2) is 35.0 Å². The molecule has 15 heavy (non-hydrogen) atoms. The molecule has 2 rings (SSSR count). The van der Waals surface area contributed by atoms with Gasteiger partial charge in [0.1, 0.15) is 5.75 Å². The van der Waals surface area contributed by atoms with Gasteiger partial charge in [-0.1, -0.05) is 18.2 Å². The molecular weight excluding hydrogens is 194 g/mol. The number of carbonyl (C=O) groups excluding carboxylic acids is 1. The lowest BCUT2D eigenvalue weighted by atomic mass is 10.1. The third-order valence-electron chi connectivity index (χ3n) is 1.99. The molecule has 1 aromatic rings. The molecule has 0 amide bonds. The second kappa shape index (κ2) is 3.96. The molecule has 1 heterocycles. The number of nitrogens with zero attached hydrogens (tertiary/aromatic N) is 1. The molecular formula is C11H9NO3. The van der Waals surface area contributed by atoms with E-state index in [1.807, 2.05) is 24.3 Å². The number of benzene rings is 1. The van der Waals surface area contributed by atoms with E-state index in [-0.39, 0.29) is 5.70 Å². The molecule has 0 unspecified atom stereocenters. The molecule has 4 nitrogen and oxygen atoms in total. The number of hydrogen-bond acceptors (Lipinski definition) is 4. The summed E-state index contributed by atoms with van der Waals surface area (Å²) in [6.45, 7) is 0. The lowest BCUT2D eigenvalue weighted by molar-refractivity contribution is -0.129. The van der Waals surface area contributed by atoms with Crippen LogP contribution in [0.25, 0.3) is 6.08 Å². The van der Waals surface area contributed by atoms with E-state index in [0.29, 0.717) is 5.75 Å².